The zero-order chi connectivity index (χ0) is 12.4. The Morgan fingerprint density at radius 3 is 3.00 bits per heavy atom. The molecule has 0 saturated carbocycles. The van der Waals surface area contributed by atoms with E-state index >= 15 is 0 Å². The second kappa shape index (κ2) is 5.00. The van der Waals surface area contributed by atoms with E-state index in [-0.39, 0.29) is 17.5 Å². The number of benzene rings is 1. The van der Waals surface area contributed by atoms with Crippen LogP contribution in [0.25, 0.3) is 0 Å². The van der Waals surface area contributed by atoms with Crippen LogP contribution in [-0.2, 0) is 4.79 Å². The van der Waals surface area contributed by atoms with Gasteiger partial charge in [0.2, 0.25) is 5.91 Å². The van der Waals surface area contributed by atoms with Gasteiger partial charge >= 0.3 is 0 Å². The van der Waals surface area contributed by atoms with Crippen molar-refractivity contribution in [1.82, 2.24) is 5.32 Å². The van der Waals surface area contributed by atoms with E-state index in [0.29, 0.717) is 18.8 Å². The monoisotopic (exact) mass is 258 g/mol. The minimum Gasteiger partial charge on any atom is -0.394 e. The van der Waals surface area contributed by atoms with Crippen LogP contribution in [-0.4, -0.2) is 36.8 Å². The third kappa shape index (κ3) is 2.41. The summed E-state index contributed by atoms with van der Waals surface area (Å²) in [4.78, 5) is 13.4. The van der Waals surface area contributed by atoms with Crippen LogP contribution in [0.4, 0.5) is 10.1 Å². The number of rotatable bonds is 2. The van der Waals surface area contributed by atoms with Crippen molar-refractivity contribution in [2.45, 2.75) is 6.04 Å². The van der Waals surface area contributed by atoms with Crippen molar-refractivity contribution in [2.24, 2.45) is 0 Å². The molecule has 0 aromatic heterocycles. The van der Waals surface area contributed by atoms with Crippen LogP contribution >= 0.6 is 11.6 Å². The number of carbonyl (C=O) groups excluding carboxylic acids is 1. The number of amides is 1. The molecule has 1 aromatic rings. The lowest BCUT2D eigenvalue weighted by Gasteiger charge is -2.32. The van der Waals surface area contributed by atoms with Gasteiger partial charge in [0.05, 0.1) is 11.6 Å². The maximum atomic E-state index is 13.0. The van der Waals surface area contributed by atoms with E-state index in [2.05, 4.69) is 5.32 Å². The van der Waals surface area contributed by atoms with Gasteiger partial charge in [0.1, 0.15) is 11.9 Å². The van der Waals surface area contributed by atoms with E-state index in [1.807, 2.05) is 0 Å². The normalized spacial score (nSPS) is 20.8. The highest BCUT2D eigenvalue weighted by Crippen LogP contribution is 2.23. The van der Waals surface area contributed by atoms with Gasteiger partial charge in [-0.1, -0.05) is 11.6 Å². The quantitative estimate of drug-likeness (QED) is 0.824. The molecule has 92 valence electrons. The Morgan fingerprint density at radius 2 is 2.35 bits per heavy atom. The SMILES string of the molecule is O=C1C(CO)NCCN1c1ccc(F)c(Cl)c1. The van der Waals surface area contributed by atoms with Gasteiger partial charge in [-0.25, -0.2) is 4.39 Å². The van der Waals surface area contributed by atoms with E-state index in [9.17, 15) is 9.18 Å². The molecule has 1 aliphatic heterocycles. The Labute approximate surface area is 103 Å². The molecule has 1 unspecified atom stereocenters. The first-order valence-electron chi connectivity index (χ1n) is 5.24. The van der Waals surface area contributed by atoms with Crippen molar-refractivity contribution in [2.75, 3.05) is 24.6 Å². The molecule has 6 heteroatoms. The first kappa shape index (κ1) is 12.3. The van der Waals surface area contributed by atoms with E-state index in [4.69, 9.17) is 16.7 Å². The topological polar surface area (TPSA) is 52.6 Å². The average molecular weight is 259 g/mol. The summed E-state index contributed by atoms with van der Waals surface area (Å²) >= 11 is 5.67. The van der Waals surface area contributed by atoms with E-state index in [1.54, 1.807) is 0 Å². The van der Waals surface area contributed by atoms with Crippen LogP contribution in [0.5, 0.6) is 0 Å². The summed E-state index contributed by atoms with van der Waals surface area (Å²) in [6, 6.07) is 3.53. The molecule has 1 amide bonds. The molecule has 4 nitrogen and oxygen atoms in total. The lowest BCUT2D eigenvalue weighted by atomic mass is 10.1. The highest BCUT2D eigenvalue weighted by molar-refractivity contribution is 6.31. The highest BCUT2D eigenvalue weighted by Gasteiger charge is 2.28. The Bertz CT molecular complexity index is 441. The summed E-state index contributed by atoms with van der Waals surface area (Å²) < 4.78 is 13.0. The van der Waals surface area contributed by atoms with Gasteiger partial charge in [0.25, 0.3) is 0 Å². The summed E-state index contributed by atoms with van der Waals surface area (Å²) in [6.07, 6.45) is 0. The van der Waals surface area contributed by atoms with Gasteiger partial charge in [0, 0.05) is 18.8 Å². The number of nitrogens with one attached hydrogen (secondary N) is 1. The Hall–Kier alpha value is -1.17. The van der Waals surface area contributed by atoms with Gasteiger partial charge < -0.3 is 15.3 Å². The number of piperazine rings is 1. The summed E-state index contributed by atoms with van der Waals surface area (Å²) in [5.41, 5.74) is 0.543. The number of nitrogens with zero attached hydrogens (tertiary/aromatic N) is 1. The molecule has 0 radical (unpaired) electrons. The van der Waals surface area contributed by atoms with Crippen LogP contribution in [0.15, 0.2) is 18.2 Å². The Balaban J connectivity index is 2.26. The molecule has 2 rings (SSSR count). The smallest absolute Gasteiger partial charge is 0.246 e. The van der Waals surface area contributed by atoms with Crippen molar-refractivity contribution in [3.8, 4) is 0 Å². The van der Waals surface area contributed by atoms with Crippen LogP contribution in [0.3, 0.4) is 0 Å². The van der Waals surface area contributed by atoms with Crippen LogP contribution < -0.4 is 10.2 Å². The molecular formula is C11H12ClFN2O2. The number of aliphatic hydroxyl groups is 1. The summed E-state index contributed by atoms with van der Waals surface area (Å²) in [5.74, 6) is -0.752. The number of carbonyl (C=O) groups is 1. The molecule has 1 aromatic carbocycles. The van der Waals surface area contributed by atoms with Crippen molar-refractivity contribution >= 4 is 23.2 Å². The largest absolute Gasteiger partial charge is 0.394 e. The third-order valence-corrected chi connectivity index (χ3v) is 2.98. The zero-order valence-electron chi connectivity index (χ0n) is 8.99. The predicted octanol–water partition coefficient (Wildman–Crippen LogP) is 0.776. The molecule has 0 bridgehead atoms. The first-order chi connectivity index (χ1) is 8.13. The summed E-state index contributed by atoms with van der Waals surface area (Å²) in [6.45, 7) is 0.785. The highest BCUT2D eigenvalue weighted by atomic mass is 35.5. The van der Waals surface area contributed by atoms with Gasteiger partial charge in [-0.2, -0.15) is 0 Å². The molecule has 17 heavy (non-hydrogen) atoms. The first-order valence-corrected chi connectivity index (χ1v) is 5.62. The maximum Gasteiger partial charge on any atom is 0.246 e. The van der Waals surface area contributed by atoms with Crippen LogP contribution in [0, 0.1) is 5.82 Å². The fourth-order valence-electron chi connectivity index (χ4n) is 1.79. The number of halogens is 2. The third-order valence-electron chi connectivity index (χ3n) is 2.69. The molecule has 2 N–H and O–H groups in total. The molecule has 1 atom stereocenters. The molecular weight excluding hydrogens is 247 g/mol. The van der Waals surface area contributed by atoms with Crippen molar-refractivity contribution < 1.29 is 14.3 Å². The van der Waals surface area contributed by atoms with Crippen molar-refractivity contribution in [3.05, 3.63) is 29.0 Å². The minimum atomic E-state index is -0.604. The van der Waals surface area contributed by atoms with Gasteiger partial charge in [-0.05, 0) is 18.2 Å². The second-order valence-electron chi connectivity index (χ2n) is 3.78. The number of hydrogen-bond donors (Lipinski definition) is 2. The van der Waals surface area contributed by atoms with Crippen LogP contribution in [0.1, 0.15) is 0 Å². The van der Waals surface area contributed by atoms with E-state index in [1.165, 1.54) is 23.1 Å². The number of anilines is 1. The molecule has 1 fully saturated rings. The molecule has 1 heterocycles. The lowest BCUT2D eigenvalue weighted by Crippen LogP contribution is -2.56. The molecule has 0 spiro atoms. The Morgan fingerprint density at radius 1 is 1.59 bits per heavy atom. The number of hydrogen-bond acceptors (Lipinski definition) is 3. The van der Waals surface area contributed by atoms with Gasteiger partial charge in [-0.3, -0.25) is 4.79 Å². The second-order valence-corrected chi connectivity index (χ2v) is 4.18. The lowest BCUT2D eigenvalue weighted by molar-refractivity contribution is -0.122. The molecule has 1 aliphatic rings. The Kier molecular flexibility index (Phi) is 3.61. The zero-order valence-corrected chi connectivity index (χ0v) is 9.75. The predicted molar refractivity (Wildman–Crippen MR) is 62.6 cm³/mol. The van der Waals surface area contributed by atoms with Gasteiger partial charge in [0.15, 0.2) is 0 Å². The summed E-state index contributed by atoms with van der Waals surface area (Å²) in [7, 11) is 0. The molecule has 1 saturated heterocycles. The average Bonchev–Trinajstić information content (AvgIpc) is 2.33. The fourth-order valence-corrected chi connectivity index (χ4v) is 1.96. The van der Waals surface area contributed by atoms with Gasteiger partial charge in [-0.15, -0.1) is 0 Å². The maximum absolute atomic E-state index is 13.0. The van der Waals surface area contributed by atoms with Crippen molar-refractivity contribution in [3.63, 3.8) is 0 Å². The van der Waals surface area contributed by atoms with Crippen LogP contribution in [0.2, 0.25) is 5.02 Å². The van der Waals surface area contributed by atoms with Crippen molar-refractivity contribution in [1.29, 1.82) is 0 Å². The molecule has 0 aliphatic carbocycles. The van der Waals surface area contributed by atoms with E-state index in [0.717, 1.165) is 0 Å². The summed E-state index contributed by atoms with van der Waals surface area (Å²) in [5, 5.41) is 11.9. The number of aliphatic hydroxyl groups excluding tert-OH is 1. The standard InChI is InChI=1S/C11H12ClFN2O2/c12-8-5-7(1-2-9(8)13)15-4-3-14-10(6-16)11(15)17/h1-2,5,10,14,16H,3-4,6H2. The minimum absolute atomic E-state index is 0.0191. The fraction of sp³-hybridized carbons (Fsp3) is 0.364. The van der Waals surface area contributed by atoms with E-state index < -0.39 is 11.9 Å².